The van der Waals surface area contributed by atoms with E-state index in [2.05, 4.69) is 5.32 Å². The Hall–Kier alpha value is -1.22. The number of nitrogens with zero attached hydrogens (tertiary/aromatic N) is 1. The van der Waals surface area contributed by atoms with E-state index in [4.69, 9.17) is 10.2 Å². The Balaban J connectivity index is 2.69. The molecule has 0 bridgehead atoms. The molecule has 2 N–H and O–H groups in total. The molecule has 0 radical (unpaired) electrons. The van der Waals surface area contributed by atoms with Gasteiger partial charge in [-0.2, -0.15) is 7.05 Å². The van der Waals surface area contributed by atoms with Crippen LogP contribution in [0.25, 0.3) is 5.32 Å². The van der Waals surface area contributed by atoms with Gasteiger partial charge in [0.15, 0.2) is 11.5 Å². The second kappa shape index (κ2) is 3.97. The van der Waals surface area contributed by atoms with Crippen LogP contribution in [0.15, 0.2) is 18.2 Å². The van der Waals surface area contributed by atoms with Gasteiger partial charge >= 0.3 is 0 Å². The maximum atomic E-state index is 9.12. The third kappa shape index (κ3) is 2.13. The molecule has 3 nitrogen and oxygen atoms in total. The highest BCUT2D eigenvalue weighted by molar-refractivity contribution is 5.40. The van der Waals surface area contributed by atoms with Gasteiger partial charge in [-0.3, -0.25) is 0 Å². The summed E-state index contributed by atoms with van der Waals surface area (Å²) in [6.45, 7) is 0.740. The van der Waals surface area contributed by atoms with Gasteiger partial charge in [-0.15, -0.1) is 6.54 Å². The number of phenolic OH excluding ortho intramolecular Hbond substituents is 2. The zero-order valence-electron chi connectivity index (χ0n) is 6.99. The van der Waals surface area contributed by atoms with Crippen LogP contribution in [0.2, 0.25) is 0 Å². The third-order valence-corrected chi connectivity index (χ3v) is 1.66. The van der Waals surface area contributed by atoms with Crippen molar-refractivity contribution in [3.05, 3.63) is 29.1 Å². The smallest absolute Gasteiger partial charge is 0.157 e. The van der Waals surface area contributed by atoms with Crippen LogP contribution in [0.5, 0.6) is 11.5 Å². The highest BCUT2D eigenvalue weighted by atomic mass is 16.3. The third-order valence-electron chi connectivity index (χ3n) is 1.66. The number of aromatic hydroxyl groups is 2. The number of phenols is 2. The molecule has 12 heavy (non-hydrogen) atoms. The van der Waals surface area contributed by atoms with E-state index >= 15 is 0 Å². The van der Waals surface area contributed by atoms with E-state index in [0.29, 0.717) is 0 Å². The fraction of sp³-hybridized carbons (Fsp3) is 0.333. The predicted octanol–water partition coefficient (Wildman–Crippen LogP) is 1.64. The molecule has 0 aliphatic rings. The van der Waals surface area contributed by atoms with Crippen LogP contribution >= 0.6 is 0 Å². The first-order valence-corrected chi connectivity index (χ1v) is 3.80. The minimum atomic E-state index is -0.0767. The Labute approximate surface area is 71.7 Å². The van der Waals surface area contributed by atoms with Gasteiger partial charge in [0.25, 0.3) is 0 Å². The first-order chi connectivity index (χ1) is 5.74. The van der Waals surface area contributed by atoms with Crippen LogP contribution in [0, 0.1) is 0 Å². The summed E-state index contributed by atoms with van der Waals surface area (Å²) in [7, 11) is 1.75. The summed E-state index contributed by atoms with van der Waals surface area (Å²) >= 11 is 0. The zero-order valence-corrected chi connectivity index (χ0v) is 6.99. The zero-order chi connectivity index (χ0) is 8.97. The van der Waals surface area contributed by atoms with Crippen molar-refractivity contribution in [2.45, 2.75) is 6.42 Å². The molecule has 0 fully saturated rings. The van der Waals surface area contributed by atoms with E-state index in [9.17, 15) is 0 Å². The van der Waals surface area contributed by atoms with Crippen molar-refractivity contribution in [2.75, 3.05) is 13.6 Å². The summed E-state index contributed by atoms with van der Waals surface area (Å²) in [5.74, 6) is -0.143. The number of hydrogen-bond donors (Lipinski definition) is 2. The molecule has 0 atom stereocenters. The maximum absolute atomic E-state index is 9.12. The fourth-order valence-electron chi connectivity index (χ4n) is 0.965. The number of rotatable bonds is 3. The quantitative estimate of drug-likeness (QED) is 0.671. The Kier molecular flexibility index (Phi) is 2.94. The standard InChI is InChI=1S/C9H12NO2/c1-10-5-4-7-2-3-8(11)9(12)6-7/h2-3,6,11-12H,4-5H2,1H3/q-1. The highest BCUT2D eigenvalue weighted by Crippen LogP contribution is 2.24. The molecule has 0 spiro atoms. The molecule has 1 rings (SSSR count). The summed E-state index contributed by atoms with van der Waals surface area (Å²) in [5, 5.41) is 22.1. The lowest BCUT2D eigenvalue weighted by Gasteiger charge is -2.10. The molecule has 0 aliphatic heterocycles. The van der Waals surface area contributed by atoms with Gasteiger partial charge in [0.05, 0.1) is 0 Å². The van der Waals surface area contributed by atoms with Crippen LogP contribution < -0.4 is 0 Å². The van der Waals surface area contributed by atoms with Gasteiger partial charge in [0, 0.05) is 0 Å². The first-order valence-electron chi connectivity index (χ1n) is 3.80. The molecule has 0 amide bonds. The number of likely N-dealkylation sites (N-methyl/N-ethyl adjacent to an activating group) is 1. The van der Waals surface area contributed by atoms with Crippen LogP contribution in [0.3, 0.4) is 0 Å². The van der Waals surface area contributed by atoms with Crippen molar-refractivity contribution in [3.8, 4) is 11.5 Å². The van der Waals surface area contributed by atoms with Crippen LogP contribution in [0.1, 0.15) is 5.56 Å². The molecule has 0 heterocycles. The molecule has 0 aromatic heterocycles. The second-order valence-corrected chi connectivity index (χ2v) is 2.61. The van der Waals surface area contributed by atoms with E-state index in [-0.39, 0.29) is 11.5 Å². The van der Waals surface area contributed by atoms with E-state index in [1.54, 1.807) is 19.2 Å². The average Bonchev–Trinajstić information content (AvgIpc) is 2.07. The Morgan fingerprint density at radius 3 is 2.58 bits per heavy atom. The van der Waals surface area contributed by atoms with Crippen molar-refractivity contribution in [2.24, 2.45) is 0 Å². The van der Waals surface area contributed by atoms with Gasteiger partial charge in [0.1, 0.15) is 0 Å². The van der Waals surface area contributed by atoms with Crippen molar-refractivity contribution >= 4 is 0 Å². The largest absolute Gasteiger partial charge is 0.665 e. The van der Waals surface area contributed by atoms with Gasteiger partial charge < -0.3 is 15.5 Å². The predicted molar refractivity (Wildman–Crippen MR) is 47.6 cm³/mol. The van der Waals surface area contributed by atoms with Gasteiger partial charge in [-0.1, -0.05) is 6.07 Å². The lowest BCUT2D eigenvalue weighted by Crippen LogP contribution is -1.89. The highest BCUT2D eigenvalue weighted by Gasteiger charge is 1.97. The van der Waals surface area contributed by atoms with E-state index < -0.39 is 0 Å². The number of hydrogen-bond acceptors (Lipinski definition) is 2. The van der Waals surface area contributed by atoms with E-state index in [1.807, 2.05) is 0 Å². The van der Waals surface area contributed by atoms with Crippen molar-refractivity contribution < 1.29 is 10.2 Å². The van der Waals surface area contributed by atoms with Crippen molar-refractivity contribution in [3.63, 3.8) is 0 Å². The van der Waals surface area contributed by atoms with Gasteiger partial charge in [-0.25, -0.2) is 0 Å². The molecule has 0 saturated heterocycles. The summed E-state index contributed by atoms with van der Waals surface area (Å²) in [4.78, 5) is 0. The molecule has 0 aliphatic carbocycles. The van der Waals surface area contributed by atoms with Gasteiger partial charge in [-0.05, 0) is 24.1 Å². The monoisotopic (exact) mass is 166 g/mol. The molecule has 1 aromatic carbocycles. The Morgan fingerprint density at radius 2 is 2.00 bits per heavy atom. The second-order valence-electron chi connectivity index (χ2n) is 2.61. The minimum Gasteiger partial charge on any atom is -0.665 e. The molecular weight excluding hydrogens is 154 g/mol. The first kappa shape index (κ1) is 8.87. The lowest BCUT2D eigenvalue weighted by molar-refractivity contribution is 0.403. The van der Waals surface area contributed by atoms with Crippen molar-refractivity contribution in [1.82, 2.24) is 0 Å². The molecule has 0 saturated carbocycles. The molecular formula is C9H12NO2-. The van der Waals surface area contributed by atoms with Crippen LogP contribution in [-0.4, -0.2) is 23.8 Å². The minimum absolute atomic E-state index is 0.0661. The summed E-state index contributed by atoms with van der Waals surface area (Å²) in [6.07, 6.45) is 0.796. The van der Waals surface area contributed by atoms with Crippen LogP contribution in [-0.2, 0) is 6.42 Å². The summed E-state index contributed by atoms with van der Waals surface area (Å²) in [6, 6.07) is 4.82. The van der Waals surface area contributed by atoms with Crippen LogP contribution in [0.4, 0.5) is 0 Å². The lowest BCUT2D eigenvalue weighted by atomic mass is 10.1. The van der Waals surface area contributed by atoms with Crippen molar-refractivity contribution in [1.29, 1.82) is 0 Å². The molecule has 1 aromatic rings. The number of benzene rings is 1. The topological polar surface area (TPSA) is 54.6 Å². The van der Waals surface area contributed by atoms with E-state index in [0.717, 1.165) is 18.5 Å². The Bertz CT molecular complexity index is 261. The SMILES string of the molecule is C[N-]CCc1ccc(O)c(O)c1. The van der Waals surface area contributed by atoms with Gasteiger partial charge in [0.2, 0.25) is 0 Å². The molecule has 66 valence electrons. The maximum Gasteiger partial charge on any atom is 0.157 e. The molecule has 0 unspecified atom stereocenters. The normalized spacial score (nSPS) is 10.1. The average molecular weight is 166 g/mol. The summed E-state index contributed by atoms with van der Waals surface area (Å²) < 4.78 is 0. The van der Waals surface area contributed by atoms with E-state index in [1.165, 1.54) is 6.07 Å². The Morgan fingerprint density at radius 1 is 1.25 bits per heavy atom. The fourth-order valence-corrected chi connectivity index (χ4v) is 0.965. The molecule has 3 heteroatoms. The summed E-state index contributed by atoms with van der Waals surface area (Å²) in [5.41, 5.74) is 0.982.